The van der Waals surface area contributed by atoms with Crippen LogP contribution in [0.2, 0.25) is 0 Å². The molecule has 1 aromatic rings. The van der Waals surface area contributed by atoms with E-state index in [0.717, 1.165) is 24.9 Å². The molecule has 4 rings (SSSR count). The normalized spacial score (nSPS) is 28.2. The van der Waals surface area contributed by atoms with E-state index in [0.29, 0.717) is 32.5 Å². The molecule has 3 amide bonds. The molecule has 3 aliphatic rings. The van der Waals surface area contributed by atoms with Crippen LogP contribution in [0.3, 0.4) is 0 Å². The molecule has 3 heterocycles. The second-order valence-corrected chi connectivity index (χ2v) is 10.7. The van der Waals surface area contributed by atoms with E-state index in [1.54, 1.807) is 28.9 Å². The van der Waals surface area contributed by atoms with Crippen molar-refractivity contribution >= 4 is 23.4 Å². The number of fused-ring (bicyclic) bond motifs is 1. The number of carbonyl (C=O) groups is 3. The van der Waals surface area contributed by atoms with E-state index in [1.807, 2.05) is 30.3 Å². The molecule has 8 heteroatoms. The number of nitrogens with zero attached hydrogens (tertiary/aromatic N) is 3. The number of hydrogen-bond acceptors (Lipinski definition) is 5. The van der Waals surface area contributed by atoms with E-state index in [-0.39, 0.29) is 24.3 Å². The lowest BCUT2D eigenvalue weighted by molar-refractivity contribution is -0.150. The Balaban J connectivity index is 1.72. The fourth-order valence-electron chi connectivity index (χ4n) is 6.63. The summed E-state index contributed by atoms with van der Waals surface area (Å²) in [7, 11) is 0. The second kappa shape index (κ2) is 11.8. The van der Waals surface area contributed by atoms with Crippen LogP contribution in [0.15, 0.2) is 55.6 Å². The SMILES string of the molecule is C=CCN(CCCCC)C(=O)C1N([C@H](C)CO)C(=O)[C@@H]2[C@H](C(=O)N(CC=C)c3ccccc3)[C@@H]3CCC12O3. The molecule has 0 saturated carbocycles. The van der Waals surface area contributed by atoms with Crippen molar-refractivity contribution in [2.24, 2.45) is 11.8 Å². The summed E-state index contributed by atoms with van der Waals surface area (Å²) in [6.07, 6.45) is 6.90. The third kappa shape index (κ3) is 4.69. The molecule has 2 bridgehead atoms. The van der Waals surface area contributed by atoms with Gasteiger partial charge in [-0.1, -0.05) is 50.1 Å². The number of para-hydroxylation sites is 1. The van der Waals surface area contributed by atoms with Gasteiger partial charge in [0.15, 0.2) is 0 Å². The van der Waals surface area contributed by atoms with Gasteiger partial charge in [-0.25, -0.2) is 0 Å². The van der Waals surface area contributed by atoms with Crippen LogP contribution >= 0.6 is 0 Å². The van der Waals surface area contributed by atoms with Crippen molar-refractivity contribution < 1.29 is 24.2 Å². The molecule has 206 valence electrons. The lowest BCUT2D eigenvalue weighted by Gasteiger charge is -2.38. The van der Waals surface area contributed by atoms with Crippen molar-refractivity contribution in [1.82, 2.24) is 9.80 Å². The first-order chi connectivity index (χ1) is 18.4. The maximum atomic E-state index is 14.2. The van der Waals surface area contributed by atoms with Crippen molar-refractivity contribution in [3.8, 4) is 0 Å². The summed E-state index contributed by atoms with van der Waals surface area (Å²) in [5.41, 5.74) is -0.371. The molecule has 0 aromatic heterocycles. The topological polar surface area (TPSA) is 90.4 Å². The van der Waals surface area contributed by atoms with Gasteiger partial charge in [0.1, 0.15) is 11.6 Å². The van der Waals surface area contributed by atoms with E-state index in [1.165, 1.54) is 4.90 Å². The van der Waals surface area contributed by atoms with Gasteiger partial charge in [-0.3, -0.25) is 14.4 Å². The number of ether oxygens (including phenoxy) is 1. The first-order valence-electron chi connectivity index (χ1n) is 13.8. The minimum Gasteiger partial charge on any atom is -0.394 e. The number of aliphatic hydroxyl groups is 1. The summed E-state index contributed by atoms with van der Waals surface area (Å²) >= 11 is 0. The number of unbranched alkanes of at least 4 members (excludes halogenated alkanes) is 2. The number of anilines is 1. The van der Waals surface area contributed by atoms with E-state index in [4.69, 9.17) is 4.74 Å². The van der Waals surface area contributed by atoms with Crippen LogP contribution in [0.1, 0.15) is 46.0 Å². The Morgan fingerprint density at radius 3 is 2.53 bits per heavy atom. The van der Waals surface area contributed by atoms with Gasteiger partial charge in [0.25, 0.3) is 0 Å². The van der Waals surface area contributed by atoms with Crippen LogP contribution < -0.4 is 4.90 Å². The average molecular weight is 524 g/mol. The Kier molecular flexibility index (Phi) is 8.73. The molecule has 6 atom stereocenters. The summed E-state index contributed by atoms with van der Waals surface area (Å²) < 4.78 is 6.57. The van der Waals surface area contributed by atoms with Crippen LogP contribution in [-0.2, 0) is 19.1 Å². The number of rotatable bonds is 13. The molecule has 1 spiro atoms. The highest BCUT2D eigenvalue weighted by molar-refractivity contribution is 6.03. The predicted molar refractivity (Wildman–Crippen MR) is 146 cm³/mol. The average Bonchev–Trinajstić information content (AvgIpc) is 3.58. The standard InChI is InChI=1S/C30H41N3O5/c1-5-8-12-19-31(17-6-2)29(37)26-30-16-15-23(38-30)24(25(30)28(36)33(26)21(4)20-34)27(35)32(18-7-3)22-13-10-9-11-14-22/h6-7,9-11,13-14,21,23-26,34H,2-3,5,8,12,15-20H2,1,4H3/t21-,23+,24-,25+,26?,30?/m1/s1. The van der Waals surface area contributed by atoms with E-state index < -0.39 is 35.6 Å². The van der Waals surface area contributed by atoms with Gasteiger partial charge in [0.2, 0.25) is 17.7 Å². The Morgan fingerprint density at radius 1 is 1.18 bits per heavy atom. The number of likely N-dealkylation sites (tertiary alicyclic amines) is 1. The van der Waals surface area contributed by atoms with Gasteiger partial charge in [-0.2, -0.15) is 0 Å². The van der Waals surface area contributed by atoms with Crippen LogP contribution in [0, 0.1) is 11.8 Å². The zero-order valence-electron chi connectivity index (χ0n) is 22.6. The van der Waals surface area contributed by atoms with Crippen molar-refractivity contribution in [2.75, 3.05) is 31.1 Å². The molecule has 0 aliphatic carbocycles. The fraction of sp³-hybridized carbons (Fsp3) is 0.567. The highest BCUT2D eigenvalue weighted by Gasteiger charge is 2.75. The zero-order valence-corrected chi connectivity index (χ0v) is 22.6. The Bertz CT molecular complexity index is 1050. The van der Waals surface area contributed by atoms with Crippen molar-refractivity contribution in [1.29, 1.82) is 0 Å². The maximum absolute atomic E-state index is 14.2. The smallest absolute Gasteiger partial charge is 0.248 e. The molecular formula is C30H41N3O5. The molecule has 1 aromatic carbocycles. The van der Waals surface area contributed by atoms with Gasteiger partial charge in [0, 0.05) is 25.3 Å². The number of carbonyl (C=O) groups excluding carboxylic acids is 3. The quantitative estimate of drug-likeness (QED) is 0.317. The summed E-state index contributed by atoms with van der Waals surface area (Å²) in [6, 6.07) is 7.85. The molecule has 3 fully saturated rings. The zero-order chi connectivity index (χ0) is 27.4. The van der Waals surface area contributed by atoms with Gasteiger partial charge in [-0.15, -0.1) is 13.2 Å². The van der Waals surface area contributed by atoms with Gasteiger partial charge in [0.05, 0.1) is 30.6 Å². The van der Waals surface area contributed by atoms with E-state index >= 15 is 0 Å². The first kappa shape index (κ1) is 28.0. The minimum atomic E-state index is -1.09. The number of hydrogen-bond donors (Lipinski definition) is 1. The molecule has 1 N–H and O–H groups in total. The predicted octanol–water partition coefficient (Wildman–Crippen LogP) is 3.17. The number of benzene rings is 1. The second-order valence-electron chi connectivity index (χ2n) is 10.7. The van der Waals surface area contributed by atoms with Crippen molar-refractivity contribution in [3.63, 3.8) is 0 Å². The highest BCUT2D eigenvalue weighted by atomic mass is 16.5. The van der Waals surface area contributed by atoms with Gasteiger partial charge < -0.3 is 24.5 Å². The number of amides is 3. The lowest BCUT2D eigenvalue weighted by Crippen LogP contribution is -2.58. The van der Waals surface area contributed by atoms with Gasteiger partial charge in [-0.05, 0) is 38.3 Å². The van der Waals surface area contributed by atoms with Crippen molar-refractivity contribution in [3.05, 3.63) is 55.6 Å². The summed E-state index contributed by atoms with van der Waals surface area (Å²) in [5.74, 6) is -2.18. The molecule has 3 aliphatic heterocycles. The van der Waals surface area contributed by atoms with Crippen LogP contribution in [0.5, 0.6) is 0 Å². The largest absolute Gasteiger partial charge is 0.394 e. The molecule has 3 saturated heterocycles. The van der Waals surface area contributed by atoms with Crippen molar-refractivity contribution in [2.45, 2.75) is 69.7 Å². The highest BCUT2D eigenvalue weighted by Crippen LogP contribution is 2.59. The Labute approximate surface area is 225 Å². The monoisotopic (exact) mass is 523 g/mol. The van der Waals surface area contributed by atoms with Crippen LogP contribution in [0.25, 0.3) is 0 Å². The third-order valence-corrected chi connectivity index (χ3v) is 8.33. The number of aliphatic hydroxyl groups excluding tert-OH is 1. The summed E-state index contributed by atoms with van der Waals surface area (Å²) in [6.45, 7) is 12.4. The maximum Gasteiger partial charge on any atom is 0.248 e. The van der Waals surface area contributed by atoms with Gasteiger partial charge >= 0.3 is 0 Å². The Morgan fingerprint density at radius 2 is 1.89 bits per heavy atom. The third-order valence-electron chi connectivity index (χ3n) is 8.33. The fourth-order valence-corrected chi connectivity index (χ4v) is 6.63. The minimum absolute atomic E-state index is 0.197. The van der Waals surface area contributed by atoms with E-state index in [2.05, 4.69) is 20.1 Å². The molecular weight excluding hydrogens is 482 g/mol. The summed E-state index contributed by atoms with van der Waals surface area (Å²) in [5, 5.41) is 10.1. The lowest BCUT2D eigenvalue weighted by atomic mass is 9.70. The molecule has 8 nitrogen and oxygen atoms in total. The van der Waals surface area contributed by atoms with Crippen LogP contribution in [0.4, 0.5) is 5.69 Å². The van der Waals surface area contributed by atoms with Crippen LogP contribution in [-0.4, -0.2) is 82.7 Å². The Hall–Kier alpha value is -2.97. The molecule has 2 unspecified atom stereocenters. The van der Waals surface area contributed by atoms with E-state index in [9.17, 15) is 19.5 Å². The summed E-state index contributed by atoms with van der Waals surface area (Å²) in [4.78, 5) is 47.3. The molecule has 38 heavy (non-hydrogen) atoms. The first-order valence-corrected chi connectivity index (χ1v) is 13.8. The molecule has 0 radical (unpaired) electrons.